The number of carboxylic acid groups (broad SMARTS) is 1. The van der Waals surface area contributed by atoms with Gasteiger partial charge in [0.2, 0.25) is 0 Å². The average Bonchev–Trinajstić information content (AvgIpc) is 2.25. The van der Waals surface area contributed by atoms with Crippen LogP contribution in [0, 0.1) is 5.41 Å². The fourth-order valence-electron chi connectivity index (χ4n) is 1.27. The molecule has 0 aliphatic carbocycles. The molecule has 6 heteroatoms. The molecule has 0 atom stereocenters. The van der Waals surface area contributed by atoms with Gasteiger partial charge in [-0.1, -0.05) is 0 Å². The van der Waals surface area contributed by atoms with Crippen LogP contribution in [0.1, 0.15) is 10.4 Å². The number of carbonyl (C=O) groups is 1. The Morgan fingerprint density at radius 3 is 2.31 bits per heavy atom. The first-order chi connectivity index (χ1) is 7.56. The second-order valence-corrected chi connectivity index (χ2v) is 3.11. The van der Waals surface area contributed by atoms with E-state index in [1.807, 2.05) is 0 Å². The van der Waals surface area contributed by atoms with Gasteiger partial charge in [0.05, 0.1) is 12.2 Å². The summed E-state index contributed by atoms with van der Waals surface area (Å²) in [6.45, 7) is 0.0576. The Labute approximate surface area is 92.4 Å². The molecule has 5 N–H and O–H groups in total. The van der Waals surface area contributed by atoms with Crippen molar-refractivity contribution in [2.24, 2.45) is 5.73 Å². The van der Waals surface area contributed by atoms with E-state index in [0.717, 1.165) is 0 Å². The fraction of sp³-hybridized carbons (Fsp3) is 0.200. The van der Waals surface area contributed by atoms with Crippen LogP contribution in [0.15, 0.2) is 24.3 Å². The molecule has 0 spiro atoms. The van der Waals surface area contributed by atoms with Crippen LogP contribution >= 0.6 is 0 Å². The van der Waals surface area contributed by atoms with Crippen LogP contribution in [0.5, 0.6) is 0 Å². The summed E-state index contributed by atoms with van der Waals surface area (Å²) in [6, 6.07) is 5.93. The van der Waals surface area contributed by atoms with Crippen molar-refractivity contribution < 1.29 is 15.0 Å². The van der Waals surface area contributed by atoms with Crippen molar-refractivity contribution in [3.8, 4) is 0 Å². The number of anilines is 1. The molecule has 0 aliphatic heterocycles. The predicted octanol–water partition coefficient (Wildman–Crippen LogP) is 0.0770. The summed E-state index contributed by atoms with van der Waals surface area (Å²) >= 11 is 0. The first kappa shape index (κ1) is 12.0. The number of benzene rings is 1. The van der Waals surface area contributed by atoms with Crippen molar-refractivity contribution in [3.63, 3.8) is 0 Å². The topological polar surface area (TPSA) is 111 Å². The highest BCUT2D eigenvalue weighted by Crippen LogP contribution is 2.14. The van der Waals surface area contributed by atoms with Gasteiger partial charge in [-0.2, -0.15) is 0 Å². The summed E-state index contributed by atoms with van der Waals surface area (Å²) in [5, 5.41) is 24.8. The summed E-state index contributed by atoms with van der Waals surface area (Å²) < 4.78 is 0. The minimum atomic E-state index is -1.01. The first-order valence-corrected chi connectivity index (χ1v) is 4.62. The molecule has 0 aliphatic rings. The maximum atomic E-state index is 10.6. The van der Waals surface area contributed by atoms with Crippen molar-refractivity contribution in [1.29, 1.82) is 5.41 Å². The molecule has 16 heavy (non-hydrogen) atoms. The highest BCUT2D eigenvalue weighted by atomic mass is 16.4. The SMILES string of the molecule is N=C(N)N(CCO)c1ccc(C(=O)O)cc1. The molecule has 86 valence electrons. The number of aromatic carboxylic acids is 1. The summed E-state index contributed by atoms with van der Waals surface area (Å²) in [7, 11) is 0. The Kier molecular flexibility index (Phi) is 3.84. The quantitative estimate of drug-likeness (QED) is 0.426. The number of guanidine groups is 1. The van der Waals surface area contributed by atoms with Crippen molar-refractivity contribution in [1.82, 2.24) is 0 Å². The Morgan fingerprint density at radius 2 is 1.94 bits per heavy atom. The monoisotopic (exact) mass is 223 g/mol. The molecule has 0 amide bonds. The van der Waals surface area contributed by atoms with Crippen LogP contribution in [0.25, 0.3) is 0 Å². The van der Waals surface area contributed by atoms with E-state index in [-0.39, 0.29) is 24.7 Å². The first-order valence-electron chi connectivity index (χ1n) is 4.62. The number of nitrogens with one attached hydrogen (secondary N) is 1. The summed E-state index contributed by atoms with van der Waals surface area (Å²) in [5.74, 6) is -1.21. The molecule has 1 aromatic carbocycles. The van der Waals surface area contributed by atoms with Crippen molar-refractivity contribution in [2.45, 2.75) is 0 Å². The largest absolute Gasteiger partial charge is 0.478 e. The zero-order valence-electron chi connectivity index (χ0n) is 8.55. The number of nitrogens with zero attached hydrogens (tertiary/aromatic N) is 1. The molecule has 0 saturated carbocycles. The zero-order valence-corrected chi connectivity index (χ0v) is 8.55. The zero-order chi connectivity index (χ0) is 12.1. The predicted molar refractivity (Wildman–Crippen MR) is 59.7 cm³/mol. The third-order valence-electron chi connectivity index (χ3n) is 2.04. The minimum Gasteiger partial charge on any atom is -0.478 e. The molecule has 0 aromatic heterocycles. The Hall–Kier alpha value is -2.08. The number of hydrogen-bond donors (Lipinski definition) is 4. The number of aliphatic hydroxyl groups is 1. The van der Waals surface area contributed by atoms with Crippen LogP contribution in [-0.4, -0.2) is 35.3 Å². The Morgan fingerprint density at radius 1 is 1.38 bits per heavy atom. The van der Waals surface area contributed by atoms with E-state index >= 15 is 0 Å². The molecule has 0 heterocycles. The van der Waals surface area contributed by atoms with Crippen molar-refractivity contribution in [3.05, 3.63) is 29.8 Å². The Balaban J connectivity index is 2.94. The lowest BCUT2D eigenvalue weighted by molar-refractivity contribution is 0.0697. The third-order valence-corrected chi connectivity index (χ3v) is 2.04. The maximum Gasteiger partial charge on any atom is 0.335 e. The van der Waals surface area contributed by atoms with E-state index in [1.165, 1.54) is 17.0 Å². The lowest BCUT2D eigenvalue weighted by atomic mass is 10.2. The molecular formula is C10H13N3O3. The van der Waals surface area contributed by atoms with Gasteiger partial charge < -0.3 is 20.8 Å². The van der Waals surface area contributed by atoms with Crippen LogP contribution in [0.2, 0.25) is 0 Å². The molecule has 0 radical (unpaired) electrons. The van der Waals surface area contributed by atoms with E-state index in [2.05, 4.69) is 0 Å². The third kappa shape index (κ3) is 2.71. The van der Waals surface area contributed by atoms with Crippen molar-refractivity contribution >= 4 is 17.6 Å². The number of carboxylic acids is 1. The van der Waals surface area contributed by atoms with Crippen LogP contribution in [0.4, 0.5) is 5.69 Å². The van der Waals surface area contributed by atoms with Crippen molar-refractivity contribution in [2.75, 3.05) is 18.1 Å². The lowest BCUT2D eigenvalue weighted by Gasteiger charge is -2.21. The van der Waals surface area contributed by atoms with E-state index in [4.69, 9.17) is 21.4 Å². The number of rotatable bonds is 4. The van der Waals surface area contributed by atoms with Gasteiger partial charge >= 0.3 is 5.97 Å². The van der Waals surface area contributed by atoms with Crippen LogP contribution in [-0.2, 0) is 0 Å². The second kappa shape index (κ2) is 5.13. The summed E-state index contributed by atoms with van der Waals surface area (Å²) in [6.07, 6.45) is 0. The van der Waals surface area contributed by atoms with Gasteiger partial charge in [0.1, 0.15) is 0 Å². The average molecular weight is 223 g/mol. The van der Waals surface area contributed by atoms with Gasteiger partial charge in [-0.15, -0.1) is 0 Å². The smallest absolute Gasteiger partial charge is 0.335 e. The molecule has 0 fully saturated rings. The molecule has 0 bridgehead atoms. The molecule has 0 saturated heterocycles. The number of hydrogen-bond acceptors (Lipinski definition) is 3. The summed E-state index contributed by atoms with van der Waals surface area (Å²) in [5.41, 5.74) is 6.07. The van der Waals surface area contributed by atoms with Gasteiger partial charge in [0.25, 0.3) is 0 Å². The van der Waals surface area contributed by atoms with Gasteiger partial charge in [0, 0.05) is 12.2 Å². The molecule has 1 rings (SSSR count). The normalized spacial score (nSPS) is 9.81. The van der Waals surface area contributed by atoms with Crippen LogP contribution < -0.4 is 10.6 Å². The highest BCUT2D eigenvalue weighted by Gasteiger charge is 2.09. The molecular weight excluding hydrogens is 210 g/mol. The van der Waals surface area contributed by atoms with Gasteiger partial charge in [0.15, 0.2) is 5.96 Å². The van der Waals surface area contributed by atoms with Gasteiger partial charge in [-0.25, -0.2) is 4.79 Å². The van der Waals surface area contributed by atoms with E-state index < -0.39 is 5.97 Å². The fourth-order valence-corrected chi connectivity index (χ4v) is 1.27. The molecule has 6 nitrogen and oxygen atoms in total. The van der Waals surface area contributed by atoms with Gasteiger partial charge in [-0.05, 0) is 24.3 Å². The van der Waals surface area contributed by atoms with E-state index in [0.29, 0.717) is 5.69 Å². The maximum absolute atomic E-state index is 10.6. The van der Waals surface area contributed by atoms with E-state index in [1.54, 1.807) is 12.1 Å². The molecule has 1 aromatic rings. The minimum absolute atomic E-state index is 0.139. The van der Waals surface area contributed by atoms with Gasteiger partial charge in [-0.3, -0.25) is 5.41 Å². The Bertz CT molecular complexity index is 389. The number of nitrogens with two attached hydrogens (primary N) is 1. The lowest BCUT2D eigenvalue weighted by Crippen LogP contribution is -2.38. The van der Waals surface area contributed by atoms with E-state index in [9.17, 15) is 4.79 Å². The standard InChI is InChI=1S/C10H13N3O3/c11-10(12)13(5-6-14)8-3-1-7(2-4-8)9(15)16/h1-4,14H,5-6H2,(H3,11,12)(H,15,16). The number of aliphatic hydroxyl groups excluding tert-OH is 1. The van der Waals surface area contributed by atoms with Crippen LogP contribution in [0.3, 0.4) is 0 Å². The summed E-state index contributed by atoms with van der Waals surface area (Å²) in [4.78, 5) is 12.0. The molecule has 0 unspecified atom stereocenters. The highest BCUT2D eigenvalue weighted by molar-refractivity contribution is 5.93. The second-order valence-electron chi connectivity index (χ2n) is 3.11.